The Bertz CT molecular complexity index is 501. The molecule has 1 saturated heterocycles. The van der Waals surface area contributed by atoms with Gasteiger partial charge in [-0.3, -0.25) is 9.59 Å². The van der Waals surface area contributed by atoms with Crippen molar-refractivity contribution < 1.29 is 18.7 Å². The minimum absolute atomic E-state index is 0.158. The fourth-order valence-electron chi connectivity index (χ4n) is 2.17. The highest BCUT2D eigenvalue weighted by Crippen LogP contribution is 2.13. The van der Waals surface area contributed by atoms with Crippen LogP contribution in [0.5, 0.6) is 0 Å². The zero-order valence-electron chi connectivity index (χ0n) is 11.0. The van der Waals surface area contributed by atoms with Gasteiger partial charge in [0.2, 0.25) is 11.8 Å². The zero-order valence-corrected chi connectivity index (χ0v) is 11.0. The Balaban J connectivity index is 2.00. The normalized spacial score (nSPS) is 19.6. The first kappa shape index (κ1) is 14.5. The van der Waals surface area contributed by atoms with Crippen LogP contribution in [0.15, 0.2) is 24.3 Å². The van der Waals surface area contributed by atoms with Crippen LogP contribution in [0.1, 0.15) is 18.4 Å². The molecule has 1 heterocycles. The number of amides is 2. The summed E-state index contributed by atoms with van der Waals surface area (Å²) in [5, 5.41) is 2.57. The van der Waals surface area contributed by atoms with E-state index in [4.69, 9.17) is 10.5 Å². The van der Waals surface area contributed by atoms with E-state index in [1.165, 1.54) is 12.1 Å². The summed E-state index contributed by atoms with van der Waals surface area (Å²) >= 11 is 0. The van der Waals surface area contributed by atoms with Gasteiger partial charge in [-0.05, 0) is 30.5 Å². The van der Waals surface area contributed by atoms with Crippen molar-refractivity contribution in [1.29, 1.82) is 0 Å². The van der Waals surface area contributed by atoms with Gasteiger partial charge in [0.15, 0.2) is 0 Å². The molecule has 2 rings (SSSR count). The van der Waals surface area contributed by atoms with Crippen LogP contribution in [-0.2, 0) is 20.7 Å². The summed E-state index contributed by atoms with van der Waals surface area (Å²) in [6, 6.07) is 4.98. The van der Waals surface area contributed by atoms with Gasteiger partial charge in [-0.15, -0.1) is 0 Å². The molecule has 0 bridgehead atoms. The molecule has 3 N–H and O–H groups in total. The second kappa shape index (κ2) is 6.47. The third-order valence-corrected chi connectivity index (χ3v) is 3.21. The van der Waals surface area contributed by atoms with Gasteiger partial charge in [-0.1, -0.05) is 12.1 Å². The van der Waals surface area contributed by atoms with E-state index in [2.05, 4.69) is 5.32 Å². The second-order valence-corrected chi connectivity index (χ2v) is 4.80. The molecule has 6 heteroatoms. The van der Waals surface area contributed by atoms with Gasteiger partial charge in [0.05, 0.1) is 0 Å². The predicted molar refractivity (Wildman–Crippen MR) is 70.2 cm³/mol. The Hall–Kier alpha value is -1.95. The van der Waals surface area contributed by atoms with Gasteiger partial charge in [-0.2, -0.15) is 0 Å². The SMILES string of the molecule is NC(=O)[C@@H](Cc1cccc(F)c1)NC(=O)[C@@H]1CCCO1. The van der Waals surface area contributed by atoms with Crippen molar-refractivity contribution in [2.45, 2.75) is 31.4 Å². The molecule has 0 spiro atoms. The molecule has 0 saturated carbocycles. The summed E-state index contributed by atoms with van der Waals surface area (Å²) in [6.45, 7) is 0.545. The zero-order chi connectivity index (χ0) is 14.5. The average molecular weight is 280 g/mol. The van der Waals surface area contributed by atoms with E-state index in [0.717, 1.165) is 6.42 Å². The van der Waals surface area contributed by atoms with Gasteiger partial charge >= 0.3 is 0 Å². The van der Waals surface area contributed by atoms with Crippen LogP contribution in [0.2, 0.25) is 0 Å². The number of primary amides is 1. The van der Waals surface area contributed by atoms with E-state index in [-0.39, 0.29) is 12.3 Å². The lowest BCUT2D eigenvalue weighted by Crippen LogP contribution is -2.49. The molecule has 1 aliphatic rings. The number of ether oxygens (including phenoxy) is 1. The maximum atomic E-state index is 13.1. The molecule has 0 unspecified atom stereocenters. The molecule has 1 fully saturated rings. The number of benzene rings is 1. The molecule has 5 nitrogen and oxygen atoms in total. The van der Waals surface area contributed by atoms with Crippen LogP contribution in [0.4, 0.5) is 4.39 Å². The van der Waals surface area contributed by atoms with Crippen molar-refractivity contribution in [3.8, 4) is 0 Å². The van der Waals surface area contributed by atoms with Crippen molar-refractivity contribution in [1.82, 2.24) is 5.32 Å². The Morgan fingerprint density at radius 2 is 2.30 bits per heavy atom. The molecule has 0 radical (unpaired) electrons. The third kappa shape index (κ3) is 3.77. The third-order valence-electron chi connectivity index (χ3n) is 3.21. The Morgan fingerprint density at radius 3 is 2.90 bits per heavy atom. The highest BCUT2D eigenvalue weighted by Gasteiger charge is 2.27. The number of halogens is 1. The molecule has 2 atom stereocenters. The second-order valence-electron chi connectivity index (χ2n) is 4.80. The number of carbonyl (C=O) groups is 2. The first-order valence-corrected chi connectivity index (χ1v) is 6.52. The van der Waals surface area contributed by atoms with Crippen LogP contribution in [0.25, 0.3) is 0 Å². The molecular formula is C14H17FN2O3. The highest BCUT2D eigenvalue weighted by molar-refractivity contribution is 5.88. The van der Waals surface area contributed by atoms with E-state index in [1.54, 1.807) is 12.1 Å². The van der Waals surface area contributed by atoms with E-state index in [9.17, 15) is 14.0 Å². The van der Waals surface area contributed by atoms with Crippen LogP contribution in [0, 0.1) is 5.82 Å². The van der Waals surface area contributed by atoms with Gasteiger partial charge in [0.1, 0.15) is 18.0 Å². The molecule has 0 aromatic heterocycles. The summed E-state index contributed by atoms with van der Waals surface area (Å²) in [5.74, 6) is -1.39. The lowest BCUT2D eigenvalue weighted by molar-refractivity contribution is -0.133. The van der Waals surface area contributed by atoms with Crippen LogP contribution in [0.3, 0.4) is 0 Å². The van der Waals surface area contributed by atoms with Crippen LogP contribution >= 0.6 is 0 Å². The summed E-state index contributed by atoms with van der Waals surface area (Å²) in [7, 11) is 0. The van der Waals surface area contributed by atoms with E-state index in [1.807, 2.05) is 0 Å². The molecular weight excluding hydrogens is 263 g/mol. The molecule has 20 heavy (non-hydrogen) atoms. The maximum Gasteiger partial charge on any atom is 0.249 e. The molecule has 1 aromatic rings. The lowest BCUT2D eigenvalue weighted by Gasteiger charge is -2.18. The Morgan fingerprint density at radius 1 is 1.50 bits per heavy atom. The van der Waals surface area contributed by atoms with E-state index in [0.29, 0.717) is 18.6 Å². The lowest BCUT2D eigenvalue weighted by atomic mass is 10.0. The van der Waals surface area contributed by atoms with Crippen LogP contribution < -0.4 is 11.1 Å². The number of nitrogens with one attached hydrogen (secondary N) is 1. The maximum absolute atomic E-state index is 13.1. The number of hydrogen-bond acceptors (Lipinski definition) is 3. The van der Waals surface area contributed by atoms with Gasteiger partial charge in [-0.25, -0.2) is 4.39 Å². The summed E-state index contributed by atoms with van der Waals surface area (Å²) in [6.07, 6.45) is 1.09. The van der Waals surface area contributed by atoms with Crippen molar-refractivity contribution in [2.24, 2.45) is 5.73 Å². The van der Waals surface area contributed by atoms with Gasteiger partial charge < -0.3 is 15.8 Å². The first-order valence-electron chi connectivity index (χ1n) is 6.52. The highest BCUT2D eigenvalue weighted by atomic mass is 19.1. The Labute approximate surface area is 116 Å². The smallest absolute Gasteiger partial charge is 0.249 e. The first-order chi connectivity index (χ1) is 9.56. The monoisotopic (exact) mass is 280 g/mol. The topological polar surface area (TPSA) is 81.4 Å². The summed E-state index contributed by atoms with van der Waals surface area (Å²) in [4.78, 5) is 23.3. The largest absolute Gasteiger partial charge is 0.368 e. The van der Waals surface area contributed by atoms with Gasteiger partial charge in [0, 0.05) is 13.0 Å². The number of rotatable bonds is 5. The molecule has 108 valence electrons. The fraction of sp³-hybridized carbons (Fsp3) is 0.429. The Kier molecular flexibility index (Phi) is 4.68. The quantitative estimate of drug-likeness (QED) is 0.825. The molecule has 2 amide bonds. The summed E-state index contributed by atoms with van der Waals surface area (Å²) < 4.78 is 18.3. The standard InChI is InChI=1S/C14H17FN2O3/c15-10-4-1-3-9(7-10)8-11(13(16)18)17-14(19)12-5-2-6-20-12/h1,3-4,7,11-12H,2,5-6,8H2,(H2,16,18)(H,17,19)/t11-,12+/m1/s1. The molecule has 1 aliphatic heterocycles. The van der Waals surface area contributed by atoms with Crippen LogP contribution in [-0.4, -0.2) is 30.6 Å². The van der Waals surface area contributed by atoms with Crippen molar-refractivity contribution in [3.63, 3.8) is 0 Å². The van der Waals surface area contributed by atoms with Crippen molar-refractivity contribution in [2.75, 3.05) is 6.61 Å². The summed E-state index contributed by atoms with van der Waals surface area (Å²) in [5.41, 5.74) is 5.88. The predicted octanol–water partition coefficient (Wildman–Crippen LogP) is 0.517. The van der Waals surface area contributed by atoms with Gasteiger partial charge in [0.25, 0.3) is 0 Å². The van der Waals surface area contributed by atoms with E-state index < -0.39 is 23.9 Å². The van der Waals surface area contributed by atoms with Crippen molar-refractivity contribution >= 4 is 11.8 Å². The number of hydrogen-bond donors (Lipinski definition) is 2. The number of carbonyl (C=O) groups excluding carboxylic acids is 2. The van der Waals surface area contributed by atoms with Crippen molar-refractivity contribution in [3.05, 3.63) is 35.6 Å². The molecule has 0 aliphatic carbocycles. The van der Waals surface area contributed by atoms with E-state index >= 15 is 0 Å². The minimum Gasteiger partial charge on any atom is -0.368 e. The average Bonchev–Trinajstić information content (AvgIpc) is 2.91. The fourth-order valence-corrected chi connectivity index (χ4v) is 2.17. The number of nitrogens with two attached hydrogens (primary N) is 1. The minimum atomic E-state index is -0.867. The molecule has 1 aromatic carbocycles.